The Bertz CT molecular complexity index is 900. The van der Waals surface area contributed by atoms with Crippen molar-refractivity contribution in [2.75, 3.05) is 5.73 Å². The van der Waals surface area contributed by atoms with Crippen LogP contribution in [0.3, 0.4) is 0 Å². The van der Waals surface area contributed by atoms with E-state index in [1.807, 2.05) is 43.3 Å². The monoisotopic (exact) mass is 293 g/mol. The summed E-state index contributed by atoms with van der Waals surface area (Å²) < 4.78 is 1.57. The zero-order valence-electron chi connectivity index (χ0n) is 12.0. The van der Waals surface area contributed by atoms with Crippen molar-refractivity contribution in [3.63, 3.8) is 0 Å². The molecule has 3 aromatic rings. The van der Waals surface area contributed by atoms with Gasteiger partial charge >= 0.3 is 0 Å². The summed E-state index contributed by atoms with van der Waals surface area (Å²) in [7, 11) is 0. The number of aromatic hydroxyl groups is 1. The van der Waals surface area contributed by atoms with E-state index in [2.05, 4.69) is 4.98 Å². The third kappa shape index (κ3) is 2.44. The predicted octanol–water partition coefficient (Wildman–Crippen LogP) is 2.50. The highest BCUT2D eigenvalue weighted by molar-refractivity contribution is 5.66. The molecule has 5 nitrogen and oxygen atoms in total. The molecule has 0 fully saturated rings. The number of hydrogen-bond donors (Lipinski definition) is 2. The molecule has 22 heavy (non-hydrogen) atoms. The number of rotatable bonds is 2. The summed E-state index contributed by atoms with van der Waals surface area (Å²) in [5, 5.41) is 9.62. The lowest BCUT2D eigenvalue weighted by Gasteiger charge is -2.12. The average Bonchev–Trinajstić information content (AvgIpc) is 2.51. The Morgan fingerprint density at radius 3 is 2.77 bits per heavy atom. The van der Waals surface area contributed by atoms with Crippen molar-refractivity contribution in [3.8, 4) is 22.7 Å². The number of nitrogens with two attached hydrogens (primary N) is 1. The van der Waals surface area contributed by atoms with Gasteiger partial charge in [-0.2, -0.15) is 0 Å². The molecule has 0 saturated heterocycles. The number of aromatic nitrogens is 2. The number of benzene rings is 1. The Morgan fingerprint density at radius 2 is 2.00 bits per heavy atom. The van der Waals surface area contributed by atoms with Crippen molar-refractivity contribution in [3.05, 3.63) is 70.6 Å². The maximum Gasteiger partial charge on any atom is 0.225 e. The third-order valence-corrected chi connectivity index (χ3v) is 3.47. The molecule has 2 heterocycles. The van der Waals surface area contributed by atoms with E-state index in [1.165, 1.54) is 12.3 Å². The van der Waals surface area contributed by atoms with Gasteiger partial charge in [0.25, 0.3) is 0 Å². The Hall–Kier alpha value is -3.08. The smallest absolute Gasteiger partial charge is 0.225 e. The highest BCUT2D eigenvalue weighted by Crippen LogP contribution is 2.24. The fourth-order valence-corrected chi connectivity index (χ4v) is 2.35. The summed E-state index contributed by atoms with van der Waals surface area (Å²) in [6.07, 6.45) is 3.07. The van der Waals surface area contributed by atoms with E-state index in [-0.39, 0.29) is 11.6 Å². The quantitative estimate of drug-likeness (QED) is 0.760. The van der Waals surface area contributed by atoms with E-state index in [0.717, 1.165) is 22.5 Å². The molecule has 0 bridgehead atoms. The van der Waals surface area contributed by atoms with Gasteiger partial charge in [0.15, 0.2) is 5.75 Å². The lowest BCUT2D eigenvalue weighted by atomic mass is 10.1. The molecular formula is C17H15N3O2. The van der Waals surface area contributed by atoms with Crippen LogP contribution in [0.15, 0.2) is 59.7 Å². The van der Waals surface area contributed by atoms with Gasteiger partial charge in [-0.25, -0.2) is 0 Å². The average molecular weight is 293 g/mol. The van der Waals surface area contributed by atoms with Crippen LogP contribution in [-0.2, 0) is 0 Å². The molecule has 3 rings (SSSR count). The van der Waals surface area contributed by atoms with E-state index in [0.29, 0.717) is 0 Å². The maximum atomic E-state index is 11.4. The molecule has 2 aromatic heterocycles. The van der Waals surface area contributed by atoms with Crippen molar-refractivity contribution >= 4 is 5.82 Å². The van der Waals surface area contributed by atoms with Gasteiger partial charge in [0, 0.05) is 23.5 Å². The third-order valence-electron chi connectivity index (χ3n) is 3.47. The minimum absolute atomic E-state index is 0.262. The second-order valence-corrected chi connectivity index (χ2v) is 5.04. The van der Waals surface area contributed by atoms with E-state index in [1.54, 1.807) is 10.8 Å². The van der Waals surface area contributed by atoms with Crippen LogP contribution in [-0.4, -0.2) is 14.7 Å². The molecule has 0 atom stereocenters. The molecule has 5 heteroatoms. The summed E-state index contributed by atoms with van der Waals surface area (Å²) in [5.41, 5.74) is 9.01. The number of pyridine rings is 2. The second kappa shape index (κ2) is 5.37. The number of nitrogens with zero attached hydrogens (tertiary/aromatic N) is 2. The fraction of sp³-hybridized carbons (Fsp3) is 0.0588. The van der Waals surface area contributed by atoms with Crippen LogP contribution in [0.25, 0.3) is 16.9 Å². The molecule has 0 aliphatic carbocycles. The topological polar surface area (TPSA) is 81.1 Å². The summed E-state index contributed by atoms with van der Waals surface area (Å²) in [4.78, 5) is 15.8. The zero-order valence-corrected chi connectivity index (χ0v) is 12.0. The van der Waals surface area contributed by atoms with Crippen LogP contribution in [0.5, 0.6) is 5.75 Å². The van der Waals surface area contributed by atoms with Gasteiger partial charge in [0.1, 0.15) is 5.82 Å². The van der Waals surface area contributed by atoms with E-state index >= 15 is 0 Å². The molecule has 0 aliphatic rings. The van der Waals surface area contributed by atoms with Crippen molar-refractivity contribution < 1.29 is 5.11 Å². The number of aryl methyl sites for hydroxylation is 1. The van der Waals surface area contributed by atoms with Gasteiger partial charge < -0.3 is 10.8 Å². The minimum Gasteiger partial charge on any atom is -0.503 e. The normalized spacial score (nSPS) is 10.6. The Kier molecular flexibility index (Phi) is 3.39. The Morgan fingerprint density at radius 1 is 1.18 bits per heavy atom. The maximum absolute atomic E-state index is 11.4. The van der Waals surface area contributed by atoms with Crippen LogP contribution in [0.4, 0.5) is 5.82 Å². The van der Waals surface area contributed by atoms with Gasteiger partial charge in [-0.15, -0.1) is 0 Å². The SMILES string of the molecule is Cc1cccnc1-c1cccc(-n2cc(O)c(=O)cc2N)c1. The Balaban J connectivity index is 2.15. The van der Waals surface area contributed by atoms with Crippen LogP contribution in [0.1, 0.15) is 5.56 Å². The molecule has 1 aromatic carbocycles. The molecule has 0 spiro atoms. The van der Waals surface area contributed by atoms with Gasteiger partial charge in [0.2, 0.25) is 5.43 Å². The minimum atomic E-state index is -0.495. The van der Waals surface area contributed by atoms with Gasteiger partial charge in [-0.1, -0.05) is 18.2 Å². The van der Waals surface area contributed by atoms with Crippen molar-refractivity contribution in [2.24, 2.45) is 0 Å². The first-order valence-electron chi connectivity index (χ1n) is 6.80. The van der Waals surface area contributed by atoms with Gasteiger partial charge in [0.05, 0.1) is 11.9 Å². The standard InChI is InChI=1S/C17H15N3O2/c1-11-4-3-7-19-17(11)12-5-2-6-13(8-12)20-10-15(22)14(21)9-16(20)18/h2-10,22H,18H2,1H3. The van der Waals surface area contributed by atoms with Crippen molar-refractivity contribution in [2.45, 2.75) is 6.92 Å². The molecule has 0 unspecified atom stereocenters. The van der Waals surface area contributed by atoms with E-state index in [9.17, 15) is 9.90 Å². The summed E-state index contributed by atoms with van der Waals surface area (Å²) in [6.45, 7) is 1.99. The molecular weight excluding hydrogens is 278 g/mol. The van der Waals surface area contributed by atoms with Gasteiger partial charge in [-0.05, 0) is 30.7 Å². The molecule has 3 N–H and O–H groups in total. The number of nitrogen functional groups attached to an aromatic ring is 1. The lowest BCUT2D eigenvalue weighted by Crippen LogP contribution is -2.10. The zero-order chi connectivity index (χ0) is 15.7. The molecule has 110 valence electrons. The highest BCUT2D eigenvalue weighted by Gasteiger charge is 2.08. The summed E-state index contributed by atoms with van der Waals surface area (Å²) in [5.74, 6) is -0.0775. The van der Waals surface area contributed by atoms with Crippen molar-refractivity contribution in [1.82, 2.24) is 9.55 Å². The Labute approximate surface area is 127 Å². The highest BCUT2D eigenvalue weighted by atomic mass is 16.3. The van der Waals surface area contributed by atoms with Crippen LogP contribution >= 0.6 is 0 Å². The molecule has 0 aliphatic heterocycles. The van der Waals surface area contributed by atoms with Crippen LogP contribution in [0.2, 0.25) is 0 Å². The molecule has 0 radical (unpaired) electrons. The molecule has 0 saturated carbocycles. The second-order valence-electron chi connectivity index (χ2n) is 5.04. The first-order valence-corrected chi connectivity index (χ1v) is 6.80. The predicted molar refractivity (Wildman–Crippen MR) is 86.1 cm³/mol. The largest absolute Gasteiger partial charge is 0.503 e. The van der Waals surface area contributed by atoms with Crippen molar-refractivity contribution in [1.29, 1.82) is 0 Å². The lowest BCUT2D eigenvalue weighted by molar-refractivity contribution is 0.466. The summed E-state index contributed by atoms with van der Waals surface area (Å²) >= 11 is 0. The number of hydrogen-bond acceptors (Lipinski definition) is 4. The van der Waals surface area contributed by atoms with Crippen LogP contribution in [0, 0.1) is 6.92 Å². The summed E-state index contributed by atoms with van der Waals surface area (Å²) in [6, 6.07) is 12.7. The van der Waals surface area contributed by atoms with E-state index in [4.69, 9.17) is 5.73 Å². The number of anilines is 1. The van der Waals surface area contributed by atoms with Gasteiger partial charge in [-0.3, -0.25) is 14.3 Å². The first kappa shape index (κ1) is 13.9. The van der Waals surface area contributed by atoms with Crippen LogP contribution < -0.4 is 11.2 Å². The fourth-order valence-electron chi connectivity index (χ4n) is 2.35. The first-order chi connectivity index (χ1) is 10.6. The molecule has 0 amide bonds. The van der Waals surface area contributed by atoms with E-state index < -0.39 is 5.43 Å².